The summed E-state index contributed by atoms with van der Waals surface area (Å²) in [6.45, 7) is 3.50. The lowest BCUT2D eigenvalue weighted by Gasteiger charge is -2.03. The number of hydrogen-bond donors (Lipinski definition) is 1. The van der Waals surface area contributed by atoms with Crippen molar-refractivity contribution in [2.75, 3.05) is 13.2 Å². The summed E-state index contributed by atoms with van der Waals surface area (Å²) >= 11 is 1.64. The van der Waals surface area contributed by atoms with E-state index in [1.54, 1.807) is 18.3 Å². The van der Waals surface area contributed by atoms with E-state index in [-0.39, 0.29) is 0 Å². The highest BCUT2D eigenvalue weighted by atomic mass is 32.1. The molecule has 0 amide bonds. The van der Waals surface area contributed by atoms with Crippen molar-refractivity contribution in [2.45, 2.75) is 25.9 Å². The molecule has 1 fully saturated rings. The monoisotopic (exact) mass is 213 g/mol. The van der Waals surface area contributed by atoms with Crippen LogP contribution in [-0.2, 0) is 11.2 Å². The van der Waals surface area contributed by atoms with Crippen molar-refractivity contribution in [1.29, 1.82) is 0 Å². The number of thiazole rings is 1. The first-order chi connectivity index (χ1) is 6.75. The SMILES string of the molecule is CC(O)c1csc(CC2CCOC2)n1. The van der Waals surface area contributed by atoms with E-state index in [0.717, 1.165) is 36.8 Å². The van der Waals surface area contributed by atoms with Crippen LogP contribution in [0.1, 0.15) is 30.2 Å². The highest BCUT2D eigenvalue weighted by Gasteiger charge is 2.18. The third-order valence-corrected chi connectivity index (χ3v) is 3.37. The van der Waals surface area contributed by atoms with Gasteiger partial charge in [-0.1, -0.05) is 0 Å². The molecule has 2 atom stereocenters. The highest BCUT2D eigenvalue weighted by Crippen LogP contribution is 2.22. The van der Waals surface area contributed by atoms with Crippen LogP contribution in [0.15, 0.2) is 5.38 Å². The lowest BCUT2D eigenvalue weighted by Crippen LogP contribution is -2.03. The summed E-state index contributed by atoms with van der Waals surface area (Å²) < 4.78 is 5.31. The molecule has 78 valence electrons. The largest absolute Gasteiger partial charge is 0.387 e. The quantitative estimate of drug-likeness (QED) is 0.832. The Kier molecular flexibility index (Phi) is 3.15. The Balaban J connectivity index is 1.95. The van der Waals surface area contributed by atoms with E-state index >= 15 is 0 Å². The smallest absolute Gasteiger partial charge is 0.0940 e. The van der Waals surface area contributed by atoms with Gasteiger partial charge in [-0.3, -0.25) is 0 Å². The van der Waals surface area contributed by atoms with Crippen molar-refractivity contribution in [3.05, 3.63) is 16.1 Å². The summed E-state index contributed by atoms with van der Waals surface area (Å²) in [5.74, 6) is 0.628. The molecule has 2 heterocycles. The van der Waals surface area contributed by atoms with E-state index in [9.17, 15) is 5.11 Å². The Morgan fingerprint density at radius 1 is 1.79 bits per heavy atom. The van der Waals surface area contributed by atoms with Crippen LogP contribution >= 0.6 is 11.3 Å². The third-order valence-electron chi connectivity index (χ3n) is 2.48. The van der Waals surface area contributed by atoms with Gasteiger partial charge in [0.1, 0.15) is 0 Å². The molecule has 0 spiro atoms. The lowest BCUT2D eigenvalue weighted by molar-refractivity contribution is 0.185. The van der Waals surface area contributed by atoms with E-state index in [1.807, 2.05) is 5.38 Å². The van der Waals surface area contributed by atoms with E-state index in [0.29, 0.717) is 5.92 Å². The zero-order valence-corrected chi connectivity index (χ0v) is 9.09. The maximum atomic E-state index is 9.32. The molecule has 14 heavy (non-hydrogen) atoms. The fraction of sp³-hybridized carbons (Fsp3) is 0.700. The number of ether oxygens (including phenoxy) is 1. The van der Waals surface area contributed by atoms with Gasteiger partial charge in [0.15, 0.2) is 0 Å². The van der Waals surface area contributed by atoms with Gasteiger partial charge in [-0.15, -0.1) is 11.3 Å². The van der Waals surface area contributed by atoms with Crippen LogP contribution < -0.4 is 0 Å². The summed E-state index contributed by atoms with van der Waals surface area (Å²) in [6.07, 6.45) is 1.70. The van der Waals surface area contributed by atoms with Crippen LogP contribution in [0.3, 0.4) is 0 Å². The van der Waals surface area contributed by atoms with Crippen LogP contribution in [0.2, 0.25) is 0 Å². The lowest BCUT2D eigenvalue weighted by atomic mass is 10.1. The average Bonchev–Trinajstić information content (AvgIpc) is 2.75. The van der Waals surface area contributed by atoms with E-state index in [4.69, 9.17) is 4.74 Å². The van der Waals surface area contributed by atoms with E-state index < -0.39 is 6.10 Å². The molecule has 1 saturated heterocycles. The molecule has 1 aliphatic heterocycles. The standard InChI is InChI=1S/C10H15NO2S/c1-7(12)9-6-14-10(11-9)4-8-2-3-13-5-8/h6-8,12H,2-5H2,1H3. The molecule has 0 aromatic carbocycles. The van der Waals surface area contributed by atoms with Gasteiger partial charge in [0.25, 0.3) is 0 Å². The van der Waals surface area contributed by atoms with Gasteiger partial charge in [0.05, 0.1) is 16.8 Å². The molecule has 4 heteroatoms. The van der Waals surface area contributed by atoms with Gasteiger partial charge in [-0.25, -0.2) is 4.98 Å². The van der Waals surface area contributed by atoms with Crippen molar-refractivity contribution >= 4 is 11.3 Å². The first-order valence-electron chi connectivity index (χ1n) is 4.96. The molecule has 0 saturated carbocycles. The molecule has 2 unspecified atom stereocenters. The first kappa shape index (κ1) is 10.1. The summed E-state index contributed by atoms with van der Waals surface area (Å²) in [5.41, 5.74) is 0.795. The summed E-state index contributed by atoms with van der Waals surface area (Å²) in [6, 6.07) is 0. The maximum absolute atomic E-state index is 9.32. The predicted molar refractivity (Wildman–Crippen MR) is 55.4 cm³/mol. The van der Waals surface area contributed by atoms with Crippen molar-refractivity contribution in [1.82, 2.24) is 4.98 Å². The van der Waals surface area contributed by atoms with Crippen molar-refractivity contribution < 1.29 is 9.84 Å². The van der Waals surface area contributed by atoms with Gasteiger partial charge < -0.3 is 9.84 Å². The normalized spacial score (nSPS) is 24.0. The molecule has 1 aliphatic rings. The van der Waals surface area contributed by atoms with Gasteiger partial charge in [-0.2, -0.15) is 0 Å². The zero-order valence-electron chi connectivity index (χ0n) is 8.27. The van der Waals surface area contributed by atoms with Crippen LogP contribution in [0.4, 0.5) is 0 Å². The van der Waals surface area contributed by atoms with Crippen molar-refractivity contribution in [3.63, 3.8) is 0 Å². The minimum atomic E-state index is -0.445. The maximum Gasteiger partial charge on any atom is 0.0940 e. The van der Waals surface area contributed by atoms with E-state index in [1.165, 1.54) is 0 Å². The molecule has 0 bridgehead atoms. The molecule has 1 aromatic rings. The summed E-state index contributed by atoms with van der Waals surface area (Å²) in [4.78, 5) is 4.39. The molecule has 0 radical (unpaired) electrons. The topological polar surface area (TPSA) is 42.4 Å². The van der Waals surface area contributed by atoms with Crippen LogP contribution in [0.5, 0.6) is 0 Å². The van der Waals surface area contributed by atoms with E-state index in [2.05, 4.69) is 4.98 Å². The van der Waals surface area contributed by atoms with Crippen LogP contribution in [-0.4, -0.2) is 23.3 Å². The van der Waals surface area contributed by atoms with Gasteiger partial charge in [0.2, 0.25) is 0 Å². The molecule has 1 aromatic heterocycles. The number of hydrogen-bond acceptors (Lipinski definition) is 4. The second kappa shape index (κ2) is 4.38. The number of aromatic nitrogens is 1. The molecule has 2 rings (SSSR count). The second-order valence-electron chi connectivity index (χ2n) is 3.78. The fourth-order valence-electron chi connectivity index (χ4n) is 1.60. The number of nitrogens with zero attached hydrogens (tertiary/aromatic N) is 1. The zero-order chi connectivity index (χ0) is 9.97. The van der Waals surface area contributed by atoms with Gasteiger partial charge in [0, 0.05) is 25.0 Å². The molecule has 0 aliphatic carbocycles. The Morgan fingerprint density at radius 3 is 3.21 bits per heavy atom. The van der Waals surface area contributed by atoms with Crippen molar-refractivity contribution in [2.24, 2.45) is 5.92 Å². The Morgan fingerprint density at radius 2 is 2.64 bits per heavy atom. The van der Waals surface area contributed by atoms with Crippen LogP contribution in [0, 0.1) is 5.92 Å². The summed E-state index contributed by atoms with van der Waals surface area (Å²) in [7, 11) is 0. The van der Waals surface area contributed by atoms with Crippen molar-refractivity contribution in [3.8, 4) is 0 Å². The molecular weight excluding hydrogens is 198 g/mol. The number of rotatable bonds is 3. The molecule has 1 N–H and O–H groups in total. The molecule has 3 nitrogen and oxygen atoms in total. The number of aliphatic hydroxyl groups is 1. The second-order valence-corrected chi connectivity index (χ2v) is 4.72. The average molecular weight is 213 g/mol. The Hall–Kier alpha value is -0.450. The Bertz CT molecular complexity index is 292. The van der Waals surface area contributed by atoms with Gasteiger partial charge >= 0.3 is 0 Å². The number of aliphatic hydroxyl groups excluding tert-OH is 1. The molecular formula is C10H15NO2S. The predicted octanol–water partition coefficient (Wildman–Crippen LogP) is 1.78. The highest BCUT2D eigenvalue weighted by molar-refractivity contribution is 7.09. The van der Waals surface area contributed by atoms with Crippen LogP contribution in [0.25, 0.3) is 0 Å². The minimum Gasteiger partial charge on any atom is -0.387 e. The summed E-state index contributed by atoms with van der Waals surface area (Å²) in [5, 5.41) is 12.4. The first-order valence-corrected chi connectivity index (χ1v) is 5.84. The minimum absolute atomic E-state index is 0.445. The van der Waals surface area contributed by atoms with Gasteiger partial charge in [-0.05, 0) is 19.3 Å². The third kappa shape index (κ3) is 2.32. The Labute approximate surface area is 87.7 Å². The fourth-order valence-corrected chi connectivity index (χ4v) is 2.60.